The van der Waals surface area contributed by atoms with E-state index < -0.39 is 10.0 Å². The topological polar surface area (TPSA) is 76.1 Å². The van der Waals surface area contributed by atoms with Crippen molar-refractivity contribution in [3.8, 4) is 0 Å². The smallest absolute Gasteiger partial charge is 0.244 e. The Balaban J connectivity index is 2.35. The molecule has 1 N–H and O–H groups in total. The van der Waals surface area contributed by atoms with Gasteiger partial charge in [-0.05, 0) is 17.7 Å². The number of benzene rings is 1. The molecule has 0 radical (unpaired) electrons. The molecule has 1 aliphatic heterocycles. The van der Waals surface area contributed by atoms with Gasteiger partial charge in [0.25, 0.3) is 0 Å². The number of aliphatic hydroxyl groups is 1. The van der Waals surface area contributed by atoms with E-state index in [0.29, 0.717) is 5.56 Å². The Morgan fingerprint density at radius 2 is 1.86 bits per heavy atom. The fourth-order valence-corrected chi connectivity index (χ4v) is 4.33. The van der Waals surface area contributed by atoms with Gasteiger partial charge in [-0.3, -0.25) is 0 Å². The third kappa shape index (κ3) is 3.23. The van der Waals surface area contributed by atoms with Crippen molar-refractivity contribution in [1.82, 2.24) is 4.31 Å². The first-order chi connectivity index (χ1) is 9.93. The molecule has 1 aliphatic rings. The highest BCUT2D eigenvalue weighted by molar-refractivity contribution is 7.89. The molecular weight excluding hydrogens is 318 g/mol. The molecule has 1 aromatic carbocycles. The number of hydrogen-bond acceptors (Lipinski definition) is 5. The van der Waals surface area contributed by atoms with Crippen molar-refractivity contribution in [1.29, 1.82) is 0 Å². The van der Waals surface area contributed by atoms with Crippen LogP contribution in [0.5, 0.6) is 0 Å². The summed E-state index contributed by atoms with van der Waals surface area (Å²) in [5, 5.41) is 9.28. The summed E-state index contributed by atoms with van der Waals surface area (Å²) < 4.78 is 37.2. The first-order valence-corrected chi connectivity index (χ1v) is 8.21. The van der Waals surface area contributed by atoms with Crippen LogP contribution in [0.3, 0.4) is 0 Å². The Kier molecular flexibility index (Phi) is 5.24. The van der Waals surface area contributed by atoms with Gasteiger partial charge in [0.15, 0.2) is 0 Å². The molecule has 0 aliphatic carbocycles. The second-order valence-corrected chi connectivity index (χ2v) is 7.11. The van der Waals surface area contributed by atoms with E-state index in [1.165, 1.54) is 30.7 Å². The van der Waals surface area contributed by atoms with Crippen LogP contribution < -0.4 is 0 Å². The molecule has 0 aromatic heterocycles. The van der Waals surface area contributed by atoms with Crippen LogP contribution in [0.2, 0.25) is 5.02 Å². The van der Waals surface area contributed by atoms with Gasteiger partial charge in [0.05, 0.1) is 23.8 Å². The third-order valence-electron chi connectivity index (χ3n) is 3.58. The number of sulfonamides is 1. The van der Waals surface area contributed by atoms with Gasteiger partial charge in [-0.25, -0.2) is 8.42 Å². The van der Waals surface area contributed by atoms with E-state index in [2.05, 4.69) is 0 Å². The van der Waals surface area contributed by atoms with Gasteiger partial charge in [0, 0.05) is 27.3 Å². The molecule has 2 unspecified atom stereocenters. The lowest BCUT2D eigenvalue weighted by atomic mass is 10.2. The Morgan fingerprint density at radius 3 is 2.33 bits per heavy atom. The van der Waals surface area contributed by atoms with Crippen molar-refractivity contribution in [2.75, 3.05) is 27.3 Å². The number of aliphatic hydroxyl groups excluding tert-OH is 1. The molecule has 1 aromatic rings. The maximum Gasteiger partial charge on any atom is 0.244 e. The fourth-order valence-electron chi connectivity index (χ4n) is 2.34. The van der Waals surface area contributed by atoms with Crippen LogP contribution in [-0.2, 0) is 26.1 Å². The molecule has 0 amide bonds. The van der Waals surface area contributed by atoms with E-state index in [-0.39, 0.29) is 41.8 Å². The van der Waals surface area contributed by atoms with Gasteiger partial charge in [-0.2, -0.15) is 4.31 Å². The van der Waals surface area contributed by atoms with E-state index in [0.717, 1.165) is 0 Å². The molecule has 8 heteroatoms. The lowest BCUT2D eigenvalue weighted by molar-refractivity contribution is -0.00461. The summed E-state index contributed by atoms with van der Waals surface area (Å²) in [5.74, 6) is 0. The van der Waals surface area contributed by atoms with E-state index >= 15 is 0 Å². The minimum absolute atomic E-state index is 0.0117. The second kappa shape index (κ2) is 6.60. The van der Waals surface area contributed by atoms with Gasteiger partial charge < -0.3 is 14.6 Å². The third-order valence-corrected chi connectivity index (χ3v) is 5.90. The van der Waals surface area contributed by atoms with Crippen LogP contribution in [0, 0.1) is 0 Å². The first-order valence-electron chi connectivity index (χ1n) is 6.39. The highest BCUT2D eigenvalue weighted by Crippen LogP contribution is 2.29. The zero-order valence-corrected chi connectivity index (χ0v) is 13.4. The average Bonchev–Trinajstić information content (AvgIpc) is 2.91. The molecule has 1 heterocycles. The predicted octanol–water partition coefficient (Wildman–Crippen LogP) is 0.867. The number of rotatable bonds is 5. The van der Waals surface area contributed by atoms with Gasteiger partial charge in [-0.15, -0.1) is 0 Å². The summed E-state index contributed by atoms with van der Waals surface area (Å²) in [6, 6.07) is 4.44. The molecule has 1 fully saturated rings. The summed E-state index contributed by atoms with van der Waals surface area (Å²) >= 11 is 6.01. The Hall–Kier alpha value is -0.700. The van der Waals surface area contributed by atoms with Crippen molar-refractivity contribution in [2.45, 2.75) is 23.7 Å². The molecule has 118 valence electrons. The van der Waals surface area contributed by atoms with Crippen molar-refractivity contribution in [2.24, 2.45) is 0 Å². The van der Waals surface area contributed by atoms with Crippen LogP contribution in [-0.4, -0.2) is 57.3 Å². The molecule has 21 heavy (non-hydrogen) atoms. The summed E-state index contributed by atoms with van der Waals surface area (Å²) in [7, 11) is -0.718. The van der Waals surface area contributed by atoms with E-state index in [4.69, 9.17) is 26.2 Å². The number of nitrogens with zero attached hydrogens (tertiary/aromatic N) is 1. The number of ether oxygens (including phenoxy) is 2. The van der Waals surface area contributed by atoms with Crippen molar-refractivity contribution >= 4 is 21.6 Å². The molecule has 2 atom stereocenters. The van der Waals surface area contributed by atoms with E-state index in [1.807, 2.05) is 0 Å². The molecule has 1 saturated heterocycles. The van der Waals surface area contributed by atoms with Gasteiger partial charge in [0.1, 0.15) is 4.90 Å². The summed E-state index contributed by atoms with van der Waals surface area (Å²) in [5.41, 5.74) is 0.490. The van der Waals surface area contributed by atoms with Crippen molar-refractivity contribution < 1.29 is 23.0 Å². The van der Waals surface area contributed by atoms with Crippen molar-refractivity contribution in [3.05, 3.63) is 28.8 Å². The zero-order chi connectivity index (χ0) is 15.6. The summed E-state index contributed by atoms with van der Waals surface area (Å²) in [4.78, 5) is -0.0117. The predicted molar refractivity (Wildman–Crippen MR) is 77.7 cm³/mol. The molecule has 0 bridgehead atoms. The Bertz CT molecular complexity index is 595. The average molecular weight is 336 g/mol. The van der Waals surface area contributed by atoms with Crippen LogP contribution in [0.1, 0.15) is 5.56 Å². The van der Waals surface area contributed by atoms with Crippen LogP contribution in [0.25, 0.3) is 0 Å². The normalized spacial score (nSPS) is 23.6. The van der Waals surface area contributed by atoms with Crippen LogP contribution in [0.15, 0.2) is 23.1 Å². The quantitative estimate of drug-likeness (QED) is 0.864. The van der Waals surface area contributed by atoms with Crippen LogP contribution in [0.4, 0.5) is 0 Å². The maximum atomic E-state index is 12.7. The highest BCUT2D eigenvalue weighted by Gasteiger charge is 2.40. The standard InChI is InChI=1S/C13H18ClNO5S/c1-19-11-6-15(7-12(11)20-2)21(17,18)13-5-9(8-16)3-4-10(13)14/h3-5,11-12,16H,6-8H2,1-2H3. The second-order valence-electron chi connectivity index (χ2n) is 4.79. The van der Waals surface area contributed by atoms with Gasteiger partial charge in [-0.1, -0.05) is 17.7 Å². The van der Waals surface area contributed by atoms with Crippen LogP contribution >= 0.6 is 11.6 Å². The summed E-state index contributed by atoms with van der Waals surface area (Å²) in [6.45, 7) is 0.162. The van der Waals surface area contributed by atoms with Gasteiger partial charge >= 0.3 is 0 Å². The molecule has 6 nitrogen and oxygen atoms in total. The lowest BCUT2D eigenvalue weighted by Crippen LogP contribution is -2.30. The highest BCUT2D eigenvalue weighted by atomic mass is 35.5. The minimum atomic E-state index is -3.76. The van der Waals surface area contributed by atoms with Gasteiger partial charge in [0.2, 0.25) is 10.0 Å². The SMILES string of the molecule is COC1CN(S(=O)(=O)c2cc(CO)ccc2Cl)CC1OC. The molecule has 2 rings (SSSR count). The van der Waals surface area contributed by atoms with E-state index in [1.54, 1.807) is 6.07 Å². The number of hydrogen-bond donors (Lipinski definition) is 1. The lowest BCUT2D eigenvalue weighted by Gasteiger charge is -2.17. The molecule has 0 spiro atoms. The maximum absolute atomic E-state index is 12.7. The largest absolute Gasteiger partial charge is 0.392 e. The molecule has 0 saturated carbocycles. The number of methoxy groups -OCH3 is 2. The van der Waals surface area contributed by atoms with E-state index in [9.17, 15) is 8.42 Å². The zero-order valence-electron chi connectivity index (χ0n) is 11.8. The molecular formula is C13H18ClNO5S. The number of halogens is 1. The monoisotopic (exact) mass is 335 g/mol. The minimum Gasteiger partial charge on any atom is -0.392 e. The Morgan fingerprint density at radius 1 is 1.29 bits per heavy atom. The van der Waals surface area contributed by atoms with Crippen molar-refractivity contribution in [3.63, 3.8) is 0 Å². The first kappa shape index (κ1) is 16.7. The Labute approximate surface area is 129 Å². The summed E-state index contributed by atoms with van der Waals surface area (Å²) in [6.07, 6.45) is -0.630. The fraction of sp³-hybridized carbons (Fsp3) is 0.538.